The summed E-state index contributed by atoms with van der Waals surface area (Å²) < 4.78 is 7.43. The molecule has 1 atom stereocenters. The first kappa shape index (κ1) is 19.7. The van der Waals surface area contributed by atoms with Crippen LogP contribution in [0.3, 0.4) is 0 Å². The van der Waals surface area contributed by atoms with Gasteiger partial charge in [-0.3, -0.25) is 4.57 Å². The van der Waals surface area contributed by atoms with Crippen molar-refractivity contribution < 1.29 is 4.74 Å². The zero-order valence-corrected chi connectivity index (χ0v) is 16.8. The van der Waals surface area contributed by atoms with Crippen molar-refractivity contribution >= 4 is 11.8 Å². The highest BCUT2D eigenvalue weighted by Crippen LogP contribution is 2.32. The lowest BCUT2D eigenvalue weighted by molar-refractivity contribution is 0.416. The molecule has 0 spiro atoms. The van der Waals surface area contributed by atoms with Crippen LogP contribution in [0.4, 0.5) is 0 Å². The average Bonchev–Trinajstić information content (AvgIpc) is 3.11. The summed E-state index contributed by atoms with van der Waals surface area (Å²) in [6.07, 6.45) is 2.44. The van der Waals surface area contributed by atoms with Gasteiger partial charge < -0.3 is 4.74 Å². The van der Waals surface area contributed by atoms with Crippen molar-refractivity contribution in [2.24, 2.45) is 0 Å². The fraction of sp³-hybridized carbons (Fsp3) is 0.227. The van der Waals surface area contributed by atoms with Crippen molar-refractivity contribution in [3.05, 3.63) is 72.3 Å². The molecule has 1 heterocycles. The van der Waals surface area contributed by atoms with E-state index in [0.29, 0.717) is 23.9 Å². The van der Waals surface area contributed by atoms with Crippen LogP contribution in [0.15, 0.2) is 66.3 Å². The summed E-state index contributed by atoms with van der Waals surface area (Å²) in [5.74, 6) is 1.43. The second-order valence-corrected chi connectivity index (χ2v) is 7.50. The van der Waals surface area contributed by atoms with Gasteiger partial charge in [0.2, 0.25) is 0 Å². The Morgan fingerprint density at radius 3 is 2.64 bits per heavy atom. The highest BCUT2D eigenvalue weighted by Gasteiger charge is 2.20. The number of allylic oxidation sites excluding steroid dienone is 1. The normalized spacial score (nSPS) is 11.6. The fourth-order valence-corrected chi connectivity index (χ4v) is 3.84. The molecule has 1 aromatic heterocycles. The zero-order valence-electron chi connectivity index (χ0n) is 16.0. The minimum Gasteiger partial charge on any atom is -0.496 e. The van der Waals surface area contributed by atoms with Gasteiger partial charge in [-0.15, -0.1) is 16.8 Å². The van der Waals surface area contributed by atoms with Crippen molar-refractivity contribution in [3.63, 3.8) is 0 Å². The van der Waals surface area contributed by atoms with Crippen LogP contribution in [0.5, 0.6) is 5.75 Å². The van der Waals surface area contributed by atoms with Gasteiger partial charge in [-0.2, -0.15) is 5.26 Å². The second kappa shape index (κ2) is 9.25. The Hall–Kier alpha value is -3.04. The molecule has 0 unspecified atom stereocenters. The third kappa shape index (κ3) is 4.44. The molecule has 0 N–H and O–H groups in total. The standard InChI is InChI=1S/C22H22N4OS/c1-4-13-26-21(19-7-5-6-8-20(19)27-3)24-25-22(26)28-18(15-23)14-17-11-9-16(2)10-12-17/h4-12,18H,1,13-14H2,2-3H3/t18-/m1/s1. The molecular formula is C22H22N4OS. The van der Waals surface area contributed by atoms with E-state index in [1.165, 1.54) is 17.3 Å². The molecule has 2 aromatic carbocycles. The van der Waals surface area contributed by atoms with Crippen LogP contribution in [-0.2, 0) is 13.0 Å². The molecule has 0 saturated heterocycles. The van der Waals surface area contributed by atoms with E-state index in [-0.39, 0.29) is 5.25 Å². The molecule has 3 aromatic rings. The highest BCUT2D eigenvalue weighted by atomic mass is 32.2. The SMILES string of the molecule is C=CCn1c(S[C@@H](C#N)Cc2ccc(C)cc2)nnc1-c1ccccc1OC. The number of aryl methyl sites for hydroxylation is 1. The summed E-state index contributed by atoms with van der Waals surface area (Å²) >= 11 is 1.42. The van der Waals surface area contributed by atoms with Crippen LogP contribution in [0.2, 0.25) is 0 Å². The molecule has 0 fully saturated rings. The van der Waals surface area contributed by atoms with E-state index in [9.17, 15) is 5.26 Å². The molecule has 5 nitrogen and oxygen atoms in total. The first-order valence-electron chi connectivity index (χ1n) is 8.95. The Morgan fingerprint density at radius 2 is 1.96 bits per heavy atom. The average molecular weight is 391 g/mol. The van der Waals surface area contributed by atoms with Crippen LogP contribution in [0.25, 0.3) is 11.4 Å². The van der Waals surface area contributed by atoms with E-state index in [0.717, 1.165) is 16.9 Å². The predicted octanol–water partition coefficient (Wildman–Crippen LogP) is 4.68. The Labute approximate surface area is 169 Å². The number of benzene rings is 2. The third-order valence-electron chi connectivity index (χ3n) is 4.31. The van der Waals surface area contributed by atoms with Crippen molar-refractivity contribution in [2.75, 3.05) is 7.11 Å². The number of nitrogens with zero attached hydrogens (tertiary/aromatic N) is 4. The number of thioether (sulfide) groups is 1. The van der Waals surface area contributed by atoms with Crippen molar-refractivity contribution in [2.45, 2.75) is 30.3 Å². The van der Waals surface area contributed by atoms with E-state index in [1.54, 1.807) is 13.2 Å². The molecule has 0 bridgehead atoms. The predicted molar refractivity (Wildman–Crippen MR) is 112 cm³/mol. The quantitative estimate of drug-likeness (QED) is 0.413. The molecule has 28 heavy (non-hydrogen) atoms. The summed E-state index contributed by atoms with van der Waals surface area (Å²) in [6.45, 7) is 6.45. The number of hydrogen-bond acceptors (Lipinski definition) is 5. The molecule has 6 heteroatoms. The van der Waals surface area contributed by atoms with Crippen LogP contribution < -0.4 is 4.74 Å². The van der Waals surface area contributed by atoms with Gasteiger partial charge >= 0.3 is 0 Å². The molecule has 3 rings (SSSR count). The first-order chi connectivity index (χ1) is 13.7. The maximum Gasteiger partial charge on any atom is 0.193 e. The van der Waals surface area contributed by atoms with Gasteiger partial charge in [0.15, 0.2) is 11.0 Å². The van der Waals surface area contributed by atoms with Gasteiger partial charge in [-0.1, -0.05) is 59.8 Å². The molecule has 0 saturated carbocycles. The minimum atomic E-state index is -0.263. The minimum absolute atomic E-state index is 0.263. The van der Waals surface area contributed by atoms with Crippen molar-refractivity contribution in [1.82, 2.24) is 14.8 Å². The maximum atomic E-state index is 9.66. The van der Waals surface area contributed by atoms with Gasteiger partial charge in [0.1, 0.15) is 11.0 Å². The first-order valence-corrected chi connectivity index (χ1v) is 9.83. The van der Waals surface area contributed by atoms with E-state index < -0.39 is 0 Å². The highest BCUT2D eigenvalue weighted by molar-refractivity contribution is 8.00. The number of para-hydroxylation sites is 1. The summed E-state index contributed by atoms with van der Waals surface area (Å²) in [5.41, 5.74) is 3.19. The van der Waals surface area contributed by atoms with Gasteiger partial charge in [0.25, 0.3) is 0 Å². The smallest absolute Gasteiger partial charge is 0.193 e. The molecule has 0 radical (unpaired) electrons. The maximum absolute atomic E-state index is 9.66. The van der Waals surface area contributed by atoms with Gasteiger partial charge in [-0.05, 0) is 31.0 Å². The van der Waals surface area contributed by atoms with Gasteiger partial charge in [0, 0.05) is 6.54 Å². The molecule has 142 valence electrons. The van der Waals surface area contributed by atoms with Crippen LogP contribution in [-0.4, -0.2) is 27.1 Å². The Kier molecular flexibility index (Phi) is 6.51. The number of ether oxygens (including phenoxy) is 1. The monoisotopic (exact) mass is 390 g/mol. The van der Waals surface area contributed by atoms with Crippen molar-refractivity contribution in [1.29, 1.82) is 5.26 Å². The Balaban J connectivity index is 1.89. The number of rotatable bonds is 8. The third-order valence-corrected chi connectivity index (χ3v) is 5.38. The largest absolute Gasteiger partial charge is 0.496 e. The molecule has 0 aliphatic rings. The van der Waals surface area contributed by atoms with Crippen molar-refractivity contribution in [3.8, 4) is 23.2 Å². The second-order valence-electron chi connectivity index (χ2n) is 6.33. The topological polar surface area (TPSA) is 63.7 Å². The molecule has 0 amide bonds. The summed E-state index contributed by atoms with van der Waals surface area (Å²) in [4.78, 5) is 0. The summed E-state index contributed by atoms with van der Waals surface area (Å²) in [5, 5.41) is 18.8. The lowest BCUT2D eigenvalue weighted by atomic mass is 10.1. The summed E-state index contributed by atoms with van der Waals surface area (Å²) in [7, 11) is 1.63. The van der Waals surface area contributed by atoms with E-state index in [1.807, 2.05) is 28.8 Å². The van der Waals surface area contributed by atoms with Crippen LogP contribution in [0.1, 0.15) is 11.1 Å². The lowest BCUT2D eigenvalue weighted by Crippen LogP contribution is -2.08. The molecule has 0 aliphatic carbocycles. The summed E-state index contributed by atoms with van der Waals surface area (Å²) in [6, 6.07) is 18.3. The number of nitriles is 1. The number of methoxy groups -OCH3 is 1. The Morgan fingerprint density at radius 1 is 1.21 bits per heavy atom. The molecular weight excluding hydrogens is 368 g/mol. The zero-order chi connectivity index (χ0) is 19.9. The Bertz CT molecular complexity index is 989. The van der Waals surface area contributed by atoms with E-state index >= 15 is 0 Å². The van der Waals surface area contributed by atoms with Gasteiger partial charge in [-0.25, -0.2) is 0 Å². The molecule has 0 aliphatic heterocycles. The fourth-order valence-electron chi connectivity index (χ4n) is 2.88. The number of hydrogen-bond donors (Lipinski definition) is 0. The van der Waals surface area contributed by atoms with Crippen LogP contribution in [0, 0.1) is 18.3 Å². The van der Waals surface area contributed by atoms with Gasteiger partial charge in [0.05, 0.1) is 18.7 Å². The number of aromatic nitrogens is 3. The van der Waals surface area contributed by atoms with E-state index in [4.69, 9.17) is 4.74 Å². The van der Waals surface area contributed by atoms with Crippen LogP contribution >= 0.6 is 11.8 Å². The lowest BCUT2D eigenvalue weighted by Gasteiger charge is -2.12. The van der Waals surface area contributed by atoms with E-state index in [2.05, 4.69) is 54.0 Å².